The molecular weight excluding hydrogens is 428 g/mol. The number of fused-ring (bicyclic) bond motifs is 1. The van der Waals surface area contributed by atoms with Crippen LogP contribution in [0.1, 0.15) is 20.7 Å². The van der Waals surface area contributed by atoms with Gasteiger partial charge < -0.3 is 23.4 Å². The Morgan fingerprint density at radius 1 is 0.758 bits per heavy atom. The molecule has 0 bridgehead atoms. The number of carbonyl (C=O) groups excluding carboxylic acids is 2. The van der Waals surface area contributed by atoms with Crippen LogP contribution in [0, 0.1) is 0 Å². The van der Waals surface area contributed by atoms with E-state index in [0.29, 0.717) is 22.6 Å². The van der Waals surface area contributed by atoms with Crippen molar-refractivity contribution in [2.45, 2.75) is 0 Å². The summed E-state index contributed by atoms with van der Waals surface area (Å²) in [6.07, 6.45) is 1.17. The van der Waals surface area contributed by atoms with Crippen LogP contribution in [0.3, 0.4) is 0 Å². The minimum absolute atomic E-state index is 0.0312. The van der Waals surface area contributed by atoms with E-state index in [4.69, 9.17) is 18.6 Å². The first-order valence-corrected chi connectivity index (χ1v) is 9.76. The van der Waals surface area contributed by atoms with Gasteiger partial charge in [0.1, 0.15) is 29.1 Å². The second-order valence-electron chi connectivity index (χ2n) is 6.82. The molecule has 8 nitrogen and oxygen atoms in total. The third kappa shape index (κ3) is 4.69. The molecule has 0 aliphatic carbocycles. The average molecular weight is 446 g/mol. The Hall–Kier alpha value is -4.59. The van der Waals surface area contributed by atoms with Crippen molar-refractivity contribution in [1.29, 1.82) is 0 Å². The molecule has 0 saturated heterocycles. The molecular formula is C25H18O8. The van der Waals surface area contributed by atoms with Crippen LogP contribution in [0.15, 0.2) is 82.2 Å². The zero-order chi connectivity index (χ0) is 23.4. The van der Waals surface area contributed by atoms with Crippen LogP contribution in [0.2, 0.25) is 0 Å². The monoisotopic (exact) mass is 446 g/mol. The first-order chi connectivity index (χ1) is 16.0. The molecule has 8 heteroatoms. The van der Waals surface area contributed by atoms with Gasteiger partial charge in [-0.3, -0.25) is 4.79 Å². The molecule has 0 N–H and O–H groups in total. The Morgan fingerprint density at radius 2 is 1.36 bits per heavy atom. The fraction of sp³-hybridized carbons (Fsp3) is 0.0800. The third-order valence-corrected chi connectivity index (χ3v) is 4.75. The summed E-state index contributed by atoms with van der Waals surface area (Å²) in [4.78, 5) is 36.7. The molecule has 0 aliphatic heterocycles. The molecule has 0 amide bonds. The summed E-state index contributed by atoms with van der Waals surface area (Å²) in [5.74, 6) is 0.121. The Labute approximate surface area is 187 Å². The molecule has 33 heavy (non-hydrogen) atoms. The zero-order valence-electron chi connectivity index (χ0n) is 17.7. The lowest BCUT2D eigenvalue weighted by atomic mass is 10.2. The third-order valence-electron chi connectivity index (χ3n) is 4.75. The highest BCUT2D eigenvalue weighted by atomic mass is 16.5. The second kappa shape index (κ2) is 9.27. The summed E-state index contributed by atoms with van der Waals surface area (Å²) >= 11 is 0. The van der Waals surface area contributed by atoms with E-state index in [9.17, 15) is 14.4 Å². The van der Waals surface area contributed by atoms with Crippen molar-refractivity contribution in [1.82, 2.24) is 0 Å². The Balaban J connectivity index is 1.52. The molecule has 0 aliphatic rings. The van der Waals surface area contributed by atoms with E-state index in [2.05, 4.69) is 4.74 Å². The number of esters is 2. The van der Waals surface area contributed by atoms with Gasteiger partial charge in [-0.1, -0.05) is 0 Å². The molecule has 1 aromatic heterocycles. The normalized spacial score (nSPS) is 10.5. The lowest BCUT2D eigenvalue weighted by Crippen LogP contribution is -2.09. The maximum absolute atomic E-state index is 12.8. The van der Waals surface area contributed by atoms with Gasteiger partial charge >= 0.3 is 11.9 Å². The van der Waals surface area contributed by atoms with Gasteiger partial charge in [-0.15, -0.1) is 0 Å². The van der Waals surface area contributed by atoms with E-state index in [1.165, 1.54) is 62.9 Å². The van der Waals surface area contributed by atoms with Crippen LogP contribution in [0.5, 0.6) is 23.0 Å². The smallest absolute Gasteiger partial charge is 0.343 e. The lowest BCUT2D eigenvalue weighted by molar-refractivity contribution is 0.0600. The first-order valence-electron chi connectivity index (χ1n) is 9.76. The van der Waals surface area contributed by atoms with Crippen molar-refractivity contribution in [3.8, 4) is 23.0 Å². The van der Waals surface area contributed by atoms with Crippen molar-refractivity contribution in [3.63, 3.8) is 0 Å². The SMILES string of the molecule is COC(=O)c1ccc(Oc2coc3cc(OC(=O)c4ccc(OC)cc4)ccc3c2=O)cc1. The summed E-state index contributed by atoms with van der Waals surface area (Å²) in [6.45, 7) is 0. The number of ether oxygens (including phenoxy) is 4. The summed E-state index contributed by atoms with van der Waals surface area (Å²) in [7, 11) is 2.83. The summed E-state index contributed by atoms with van der Waals surface area (Å²) < 4.78 is 26.2. The van der Waals surface area contributed by atoms with Gasteiger partial charge in [0.05, 0.1) is 30.7 Å². The van der Waals surface area contributed by atoms with E-state index in [1.807, 2.05) is 0 Å². The number of rotatable bonds is 6. The van der Waals surface area contributed by atoms with E-state index in [1.54, 1.807) is 24.3 Å². The molecule has 0 spiro atoms. The highest BCUT2D eigenvalue weighted by Gasteiger charge is 2.14. The predicted molar refractivity (Wildman–Crippen MR) is 118 cm³/mol. The second-order valence-corrected chi connectivity index (χ2v) is 6.82. The molecule has 0 unspecified atom stereocenters. The number of hydrogen-bond donors (Lipinski definition) is 0. The maximum Gasteiger partial charge on any atom is 0.343 e. The number of benzene rings is 3. The lowest BCUT2D eigenvalue weighted by Gasteiger charge is -2.08. The Kier molecular flexibility index (Phi) is 6.08. The Bertz CT molecular complexity index is 1370. The number of carbonyl (C=O) groups is 2. The van der Waals surface area contributed by atoms with E-state index < -0.39 is 17.4 Å². The standard InChI is InChI=1S/C25H18O8/c1-29-17-7-3-16(4-8-17)25(28)33-19-11-12-20-21(13-19)31-14-22(23(20)26)32-18-9-5-15(6-10-18)24(27)30-2/h3-14H,1-2H3. The van der Waals surface area contributed by atoms with Crippen molar-refractivity contribution < 1.29 is 33.0 Å². The van der Waals surface area contributed by atoms with Crippen molar-refractivity contribution >= 4 is 22.9 Å². The Morgan fingerprint density at radius 3 is 2.00 bits per heavy atom. The largest absolute Gasteiger partial charge is 0.497 e. The number of methoxy groups -OCH3 is 2. The van der Waals surface area contributed by atoms with Crippen LogP contribution in [0.25, 0.3) is 11.0 Å². The number of hydrogen-bond acceptors (Lipinski definition) is 8. The highest BCUT2D eigenvalue weighted by molar-refractivity contribution is 5.92. The molecule has 0 fully saturated rings. The highest BCUT2D eigenvalue weighted by Crippen LogP contribution is 2.25. The fourth-order valence-electron chi connectivity index (χ4n) is 3.02. The van der Waals surface area contributed by atoms with E-state index in [-0.39, 0.29) is 22.5 Å². The first kappa shape index (κ1) is 21.6. The predicted octanol–water partition coefficient (Wildman–Crippen LogP) is 4.60. The fourth-order valence-corrected chi connectivity index (χ4v) is 3.02. The molecule has 0 radical (unpaired) electrons. The van der Waals surface area contributed by atoms with Crippen molar-refractivity contribution in [3.05, 3.63) is 94.3 Å². The van der Waals surface area contributed by atoms with Crippen LogP contribution in [0.4, 0.5) is 0 Å². The molecule has 0 saturated carbocycles. The molecule has 4 rings (SSSR count). The van der Waals surface area contributed by atoms with Gasteiger partial charge in [-0.25, -0.2) is 9.59 Å². The van der Waals surface area contributed by atoms with Crippen LogP contribution in [-0.4, -0.2) is 26.2 Å². The molecule has 3 aromatic carbocycles. The van der Waals surface area contributed by atoms with Crippen LogP contribution < -0.4 is 19.6 Å². The van der Waals surface area contributed by atoms with Gasteiger partial charge in [-0.05, 0) is 60.7 Å². The van der Waals surface area contributed by atoms with Crippen molar-refractivity contribution in [2.75, 3.05) is 14.2 Å². The van der Waals surface area contributed by atoms with Gasteiger partial charge in [0.15, 0.2) is 0 Å². The molecule has 1 heterocycles. The quantitative estimate of drug-likeness (QED) is 0.313. The van der Waals surface area contributed by atoms with Gasteiger partial charge in [-0.2, -0.15) is 0 Å². The zero-order valence-corrected chi connectivity index (χ0v) is 17.7. The summed E-state index contributed by atoms with van der Waals surface area (Å²) in [5, 5.41) is 0.253. The van der Waals surface area contributed by atoms with Crippen LogP contribution >= 0.6 is 0 Å². The molecule has 4 aromatic rings. The van der Waals surface area contributed by atoms with Gasteiger partial charge in [0, 0.05) is 6.07 Å². The average Bonchev–Trinajstić information content (AvgIpc) is 2.85. The van der Waals surface area contributed by atoms with E-state index >= 15 is 0 Å². The van der Waals surface area contributed by atoms with Gasteiger partial charge in [0.2, 0.25) is 11.2 Å². The molecule has 166 valence electrons. The van der Waals surface area contributed by atoms with Gasteiger partial charge in [0.25, 0.3) is 0 Å². The topological polar surface area (TPSA) is 101 Å². The minimum Gasteiger partial charge on any atom is -0.497 e. The molecule has 0 atom stereocenters. The van der Waals surface area contributed by atoms with Crippen LogP contribution in [-0.2, 0) is 4.74 Å². The minimum atomic E-state index is -0.560. The van der Waals surface area contributed by atoms with E-state index in [0.717, 1.165) is 0 Å². The maximum atomic E-state index is 12.8. The summed E-state index contributed by atoms with van der Waals surface area (Å²) in [5.41, 5.74) is 0.529. The summed E-state index contributed by atoms with van der Waals surface area (Å²) in [6, 6.07) is 17.0. The van der Waals surface area contributed by atoms with Crippen molar-refractivity contribution in [2.24, 2.45) is 0 Å².